The SMILES string of the molecule is O=C(CCc1ccccc1)c1c[nH]c2ncccc12. The van der Waals surface area contributed by atoms with E-state index in [1.54, 1.807) is 12.4 Å². The van der Waals surface area contributed by atoms with Crippen molar-refractivity contribution in [3.05, 3.63) is 66.0 Å². The first-order chi connectivity index (χ1) is 9.34. The number of rotatable bonds is 4. The Labute approximate surface area is 111 Å². The fourth-order valence-electron chi connectivity index (χ4n) is 2.22. The fraction of sp³-hybridized carbons (Fsp3) is 0.125. The normalized spacial score (nSPS) is 10.7. The van der Waals surface area contributed by atoms with Gasteiger partial charge in [-0.1, -0.05) is 30.3 Å². The summed E-state index contributed by atoms with van der Waals surface area (Å²) in [4.78, 5) is 19.5. The zero-order chi connectivity index (χ0) is 13.1. The van der Waals surface area contributed by atoms with E-state index in [2.05, 4.69) is 9.97 Å². The number of hydrogen-bond acceptors (Lipinski definition) is 2. The molecule has 0 aliphatic carbocycles. The third-order valence-corrected chi connectivity index (χ3v) is 3.24. The van der Waals surface area contributed by atoms with Gasteiger partial charge in [-0.2, -0.15) is 0 Å². The molecule has 0 saturated heterocycles. The topological polar surface area (TPSA) is 45.8 Å². The number of pyridine rings is 1. The number of carbonyl (C=O) groups excluding carboxylic acids is 1. The molecule has 3 heteroatoms. The molecule has 0 fully saturated rings. The van der Waals surface area contributed by atoms with Gasteiger partial charge in [0.2, 0.25) is 0 Å². The van der Waals surface area contributed by atoms with E-state index in [0.717, 1.165) is 23.0 Å². The first kappa shape index (κ1) is 11.7. The van der Waals surface area contributed by atoms with Crippen molar-refractivity contribution in [3.8, 4) is 0 Å². The van der Waals surface area contributed by atoms with Crippen LogP contribution in [0.5, 0.6) is 0 Å². The number of H-pyrrole nitrogens is 1. The van der Waals surface area contributed by atoms with Crippen LogP contribution in [0.1, 0.15) is 22.3 Å². The van der Waals surface area contributed by atoms with Crippen LogP contribution in [0, 0.1) is 0 Å². The molecule has 2 aromatic heterocycles. The minimum absolute atomic E-state index is 0.156. The highest BCUT2D eigenvalue weighted by molar-refractivity contribution is 6.07. The molecule has 0 unspecified atom stereocenters. The van der Waals surface area contributed by atoms with Crippen LogP contribution < -0.4 is 0 Å². The van der Waals surface area contributed by atoms with Crippen molar-refractivity contribution in [2.24, 2.45) is 0 Å². The second kappa shape index (κ2) is 5.06. The number of benzene rings is 1. The Morgan fingerprint density at radius 3 is 2.79 bits per heavy atom. The molecule has 2 heterocycles. The highest BCUT2D eigenvalue weighted by Crippen LogP contribution is 2.18. The zero-order valence-corrected chi connectivity index (χ0v) is 10.5. The van der Waals surface area contributed by atoms with Gasteiger partial charge in [-0.05, 0) is 24.1 Å². The summed E-state index contributed by atoms with van der Waals surface area (Å²) in [5.41, 5.74) is 2.69. The maximum Gasteiger partial charge on any atom is 0.165 e. The summed E-state index contributed by atoms with van der Waals surface area (Å²) in [5.74, 6) is 0.156. The standard InChI is InChI=1S/C16H14N2O/c19-15(9-8-12-5-2-1-3-6-12)14-11-18-16-13(14)7-4-10-17-16/h1-7,10-11H,8-9H2,(H,17,18). The monoisotopic (exact) mass is 250 g/mol. The number of ketones is 1. The minimum atomic E-state index is 0.156. The average molecular weight is 250 g/mol. The lowest BCUT2D eigenvalue weighted by Crippen LogP contribution is -2.00. The molecule has 3 nitrogen and oxygen atoms in total. The number of fused-ring (bicyclic) bond motifs is 1. The van der Waals surface area contributed by atoms with Gasteiger partial charge in [0.25, 0.3) is 0 Å². The molecule has 0 spiro atoms. The summed E-state index contributed by atoms with van der Waals surface area (Å²) >= 11 is 0. The van der Waals surface area contributed by atoms with Gasteiger partial charge in [0.1, 0.15) is 5.65 Å². The van der Waals surface area contributed by atoms with Crippen LogP contribution in [0.4, 0.5) is 0 Å². The van der Waals surface area contributed by atoms with E-state index in [1.807, 2.05) is 42.5 Å². The van der Waals surface area contributed by atoms with Gasteiger partial charge >= 0.3 is 0 Å². The third kappa shape index (κ3) is 2.40. The van der Waals surface area contributed by atoms with Crippen LogP contribution in [-0.2, 0) is 6.42 Å². The molecule has 0 amide bonds. The molecule has 0 saturated carbocycles. The lowest BCUT2D eigenvalue weighted by atomic mass is 10.0. The summed E-state index contributed by atoms with van der Waals surface area (Å²) in [6.45, 7) is 0. The molecule has 0 aliphatic heterocycles. The summed E-state index contributed by atoms with van der Waals surface area (Å²) < 4.78 is 0. The van der Waals surface area contributed by atoms with Gasteiger partial charge in [0.15, 0.2) is 5.78 Å². The number of nitrogens with one attached hydrogen (secondary N) is 1. The van der Waals surface area contributed by atoms with Crippen LogP contribution in [0.15, 0.2) is 54.9 Å². The first-order valence-corrected chi connectivity index (χ1v) is 6.34. The lowest BCUT2D eigenvalue weighted by molar-refractivity contribution is 0.0984. The molecule has 3 aromatic rings. The third-order valence-electron chi connectivity index (χ3n) is 3.24. The quantitative estimate of drug-likeness (QED) is 0.721. The predicted molar refractivity (Wildman–Crippen MR) is 75.2 cm³/mol. The van der Waals surface area contributed by atoms with Crippen molar-refractivity contribution in [1.29, 1.82) is 0 Å². The molecule has 19 heavy (non-hydrogen) atoms. The zero-order valence-electron chi connectivity index (χ0n) is 10.5. The maximum atomic E-state index is 12.2. The molecular formula is C16H14N2O. The van der Waals surface area contributed by atoms with Gasteiger partial charge in [-0.3, -0.25) is 4.79 Å². The van der Waals surface area contributed by atoms with Gasteiger partial charge in [-0.15, -0.1) is 0 Å². The van der Waals surface area contributed by atoms with E-state index in [1.165, 1.54) is 5.56 Å². The second-order valence-electron chi connectivity index (χ2n) is 4.51. The number of carbonyl (C=O) groups is 1. The fourth-order valence-corrected chi connectivity index (χ4v) is 2.22. The molecular weight excluding hydrogens is 236 g/mol. The van der Waals surface area contributed by atoms with E-state index in [0.29, 0.717) is 6.42 Å². The number of aromatic nitrogens is 2. The molecule has 3 rings (SSSR count). The largest absolute Gasteiger partial charge is 0.345 e. The summed E-state index contributed by atoms with van der Waals surface area (Å²) in [5, 5.41) is 0.903. The number of Topliss-reactive ketones (excluding diaryl/α,β-unsaturated/α-hetero) is 1. The predicted octanol–water partition coefficient (Wildman–Crippen LogP) is 3.38. The van der Waals surface area contributed by atoms with Crippen molar-refractivity contribution in [2.75, 3.05) is 0 Å². The Morgan fingerprint density at radius 2 is 1.95 bits per heavy atom. The number of hydrogen-bond donors (Lipinski definition) is 1. The van der Waals surface area contributed by atoms with Crippen LogP contribution in [0.3, 0.4) is 0 Å². The lowest BCUT2D eigenvalue weighted by Gasteiger charge is -2.00. The first-order valence-electron chi connectivity index (χ1n) is 6.34. The van der Waals surface area contributed by atoms with Crippen LogP contribution in [0.25, 0.3) is 11.0 Å². The summed E-state index contributed by atoms with van der Waals surface area (Å²) in [6.07, 6.45) is 4.76. The second-order valence-corrected chi connectivity index (χ2v) is 4.51. The van der Waals surface area contributed by atoms with Gasteiger partial charge < -0.3 is 4.98 Å². The van der Waals surface area contributed by atoms with E-state index >= 15 is 0 Å². The Balaban J connectivity index is 1.77. The number of aromatic amines is 1. The van der Waals surface area contributed by atoms with E-state index < -0.39 is 0 Å². The molecule has 0 aliphatic rings. The molecule has 94 valence electrons. The molecule has 0 atom stereocenters. The van der Waals surface area contributed by atoms with Crippen LogP contribution in [-0.4, -0.2) is 15.8 Å². The summed E-state index contributed by atoms with van der Waals surface area (Å²) in [7, 11) is 0. The van der Waals surface area contributed by atoms with Crippen LogP contribution >= 0.6 is 0 Å². The van der Waals surface area contributed by atoms with Crippen molar-refractivity contribution in [3.63, 3.8) is 0 Å². The smallest absolute Gasteiger partial charge is 0.165 e. The van der Waals surface area contributed by atoms with Gasteiger partial charge in [0, 0.05) is 29.8 Å². The molecule has 1 N–H and O–H groups in total. The van der Waals surface area contributed by atoms with Crippen LogP contribution in [0.2, 0.25) is 0 Å². The van der Waals surface area contributed by atoms with E-state index in [4.69, 9.17) is 0 Å². The molecule has 0 bridgehead atoms. The number of aryl methyl sites for hydroxylation is 1. The van der Waals surface area contributed by atoms with Crippen molar-refractivity contribution < 1.29 is 4.79 Å². The maximum absolute atomic E-state index is 12.2. The van der Waals surface area contributed by atoms with E-state index in [-0.39, 0.29) is 5.78 Å². The molecule has 0 radical (unpaired) electrons. The summed E-state index contributed by atoms with van der Waals surface area (Å²) in [6, 6.07) is 13.8. The Hall–Kier alpha value is -2.42. The van der Waals surface area contributed by atoms with Crippen molar-refractivity contribution >= 4 is 16.8 Å². The molecule has 1 aromatic carbocycles. The highest BCUT2D eigenvalue weighted by atomic mass is 16.1. The van der Waals surface area contributed by atoms with E-state index in [9.17, 15) is 4.79 Å². The minimum Gasteiger partial charge on any atom is -0.345 e. The van der Waals surface area contributed by atoms with Gasteiger partial charge in [-0.25, -0.2) is 4.98 Å². The Kier molecular flexibility index (Phi) is 3.11. The van der Waals surface area contributed by atoms with Crippen molar-refractivity contribution in [2.45, 2.75) is 12.8 Å². The Bertz CT molecular complexity index is 701. The Morgan fingerprint density at radius 1 is 1.11 bits per heavy atom. The van der Waals surface area contributed by atoms with Gasteiger partial charge in [0.05, 0.1) is 0 Å². The number of nitrogens with zero attached hydrogens (tertiary/aromatic N) is 1. The highest BCUT2D eigenvalue weighted by Gasteiger charge is 2.12. The average Bonchev–Trinajstić information content (AvgIpc) is 2.90. The van der Waals surface area contributed by atoms with Crippen molar-refractivity contribution in [1.82, 2.24) is 9.97 Å².